The van der Waals surface area contributed by atoms with Crippen molar-refractivity contribution in [3.63, 3.8) is 0 Å². The van der Waals surface area contributed by atoms with Gasteiger partial charge in [0.25, 0.3) is 0 Å². The van der Waals surface area contributed by atoms with E-state index in [2.05, 4.69) is 20.4 Å². The van der Waals surface area contributed by atoms with Gasteiger partial charge in [0.2, 0.25) is 5.91 Å². The molecule has 198 valence electrons. The van der Waals surface area contributed by atoms with Crippen molar-refractivity contribution in [2.75, 3.05) is 6.54 Å². The van der Waals surface area contributed by atoms with Crippen LogP contribution in [-0.4, -0.2) is 40.1 Å². The Bertz CT molecular complexity index is 1150. The second-order valence-corrected chi connectivity index (χ2v) is 11.2. The molecule has 0 aromatic heterocycles. The molecule has 3 atom stereocenters. The molecule has 1 heterocycles. The van der Waals surface area contributed by atoms with Gasteiger partial charge in [0.05, 0.1) is 6.04 Å². The first-order chi connectivity index (χ1) is 17.5. The minimum absolute atomic E-state index is 0.0697. The van der Waals surface area contributed by atoms with Crippen LogP contribution in [0.5, 0.6) is 5.75 Å². The minimum Gasteiger partial charge on any atom is -0.507 e. The molecule has 5 heteroatoms. The number of likely N-dealkylation sites (tertiary alicyclic amines) is 1. The highest BCUT2D eigenvalue weighted by molar-refractivity contribution is 5.99. The average Bonchev–Trinajstić information content (AvgIpc) is 3.19. The first-order valence-corrected chi connectivity index (χ1v) is 13.3. The smallest absolute Gasteiger partial charge is 0.226 e. The molecular formula is C32H41NO4. The molecule has 0 saturated carbocycles. The number of Topliss-reactive ketones (excluding diaryl/α,β-unsaturated/α-hetero) is 2. The standard InChI is InChI=1S/C32H41NO4/c1-7-8-14-27(34)30-32(5,6)17-18-33(30)31(37)22(3)25(19-24-12-10-9-11-13-24)20-28(35)26-16-15-21(2)29(36)23(26)4/h7,9-13,15-16,22,25,30,36H,1,8,14,17-20H2,2-6H3. The summed E-state index contributed by atoms with van der Waals surface area (Å²) in [5.74, 6) is -0.655. The van der Waals surface area contributed by atoms with Crippen LogP contribution >= 0.6 is 0 Å². The molecule has 3 unspecified atom stereocenters. The van der Waals surface area contributed by atoms with Crippen LogP contribution in [0.3, 0.4) is 0 Å². The Morgan fingerprint density at radius 1 is 1.14 bits per heavy atom. The maximum atomic E-state index is 13.9. The summed E-state index contributed by atoms with van der Waals surface area (Å²) in [6, 6.07) is 12.9. The molecule has 1 amide bonds. The van der Waals surface area contributed by atoms with E-state index in [4.69, 9.17) is 0 Å². The van der Waals surface area contributed by atoms with Gasteiger partial charge in [0, 0.05) is 36.4 Å². The zero-order chi connectivity index (χ0) is 27.3. The summed E-state index contributed by atoms with van der Waals surface area (Å²) in [5.41, 5.74) is 2.54. The fourth-order valence-electron chi connectivity index (χ4n) is 5.62. The van der Waals surface area contributed by atoms with Crippen molar-refractivity contribution in [1.29, 1.82) is 0 Å². The third-order valence-electron chi connectivity index (χ3n) is 8.05. The number of hydrogen-bond donors (Lipinski definition) is 1. The SMILES string of the molecule is C=CCCC(=O)C1N(C(=O)C(C)C(CC(=O)c2ccc(C)c(O)c2C)Cc2ccccc2)CCC1(C)C. The summed E-state index contributed by atoms with van der Waals surface area (Å²) in [7, 11) is 0. The summed E-state index contributed by atoms with van der Waals surface area (Å²) in [4.78, 5) is 42.3. The lowest BCUT2D eigenvalue weighted by Crippen LogP contribution is -2.49. The van der Waals surface area contributed by atoms with Crippen LogP contribution in [0.4, 0.5) is 0 Å². The Kier molecular flexibility index (Phi) is 9.12. The third-order valence-corrected chi connectivity index (χ3v) is 8.05. The number of carbonyl (C=O) groups excluding carboxylic acids is 3. The maximum Gasteiger partial charge on any atom is 0.226 e. The van der Waals surface area contributed by atoms with Crippen LogP contribution in [0.2, 0.25) is 0 Å². The van der Waals surface area contributed by atoms with Crippen LogP contribution in [0.1, 0.15) is 73.5 Å². The predicted octanol–water partition coefficient (Wildman–Crippen LogP) is 6.24. The van der Waals surface area contributed by atoms with Crippen molar-refractivity contribution in [3.8, 4) is 5.75 Å². The maximum absolute atomic E-state index is 13.9. The largest absolute Gasteiger partial charge is 0.507 e. The highest BCUT2D eigenvalue weighted by Crippen LogP contribution is 2.39. The lowest BCUT2D eigenvalue weighted by Gasteiger charge is -2.34. The van der Waals surface area contributed by atoms with Gasteiger partial charge in [-0.15, -0.1) is 6.58 Å². The van der Waals surface area contributed by atoms with Crippen molar-refractivity contribution in [3.05, 3.63) is 77.4 Å². The van der Waals surface area contributed by atoms with Gasteiger partial charge in [-0.1, -0.05) is 69.3 Å². The van der Waals surface area contributed by atoms with Crippen molar-refractivity contribution in [2.24, 2.45) is 17.3 Å². The Morgan fingerprint density at radius 2 is 1.81 bits per heavy atom. The van der Waals surface area contributed by atoms with E-state index in [1.165, 1.54) is 0 Å². The number of benzene rings is 2. The topological polar surface area (TPSA) is 74.7 Å². The first kappa shape index (κ1) is 28.4. The number of ketones is 2. The number of hydrogen-bond acceptors (Lipinski definition) is 4. The molecule has 2 aromatic rings. The van der Waals surface area contributed by atoms with Gasteiger partial charge in [-0.3, -0.25) is 14.4 Å². The number of amides is 1. The summed E-state index contributed by atoms with van der Waals surface area (Å²) >= 11 is 0. The molecule has 1 N–H and O–H groups in total. The Hall–Kier alpha value is -3.21. The molecule has 1 fully saturated rings. The van der Waals surface area contributed by atoms with Crippen LogP contribution in [0.15, 0.2) is 55.1 Å². The first-order valence-electron chi connectivity index (χ1n) is 13.3. The van der Waals surface area contributed by atoms with E-state index in [-0.39, 0.29) is 41.0 Å². The van der Waals surface area contributed by atoms with Gasteiger partial charge in [-0.05, 0) is 55.6 Å². The van der Waals surface area contributed by atoms with Crippen molar-refractivity contribution in [2.45, 2.75) is 72.8 Å². The highest BCUT2D eigenvalue weighted by atomic mass is 16.3. The van der Waals surface area contributed by atoms with E-state index in [0.717, 1.165) is 17.5 Å². The van der Waals surface area contributed by atoms with Crippen LogP contribution in [-0.2, 0) is 16.0 Å². The van der Waals surface area contributed by atoms with E-state index in [1.807, 2.05) is 37.3 Å². The molecule has 0 spiro atoms. The summed E-state index contributed by atoms with van der Waals surface area (Å²) in [6.45, 7) is 13.8. The predicted molar refractivity (Wildman–Crippen MR) is 148 cm³/mol. The van der Waals surface area contributed by atoms with Gasteiger partial charge >= 0.3 is 0 Å². The van der Waals surface area contributed by atoms with Crippen molar-refractivity contribution < 1.29 is 19.5 Å². The van der Waals surface area contributed by atoms with E-state index in [1.54, 1.807) is 37.0 Å². The highest BCUT2D eigenvalue weighted by Gasteiger charge is 2.47. The van der Waals surface area contributed by atoms with Gasteiger partial charge in [0.15, 0.2) is 11.6 Å². The number of carbonyl (C=O) groups is 3. The van der Waals surface area contributed by atoms with Crippen LogP contribution in [0.25, 0.3) is 0 Å². The zero-order valence-electron chi connectivity index (χ0n) is 22.9. The fraction of sp³-hybridized carbons (Fsp3) is 0.469. The van der Waals surface area contributed by atoms with Crippen LogP contribution in [0, 0.1) is 31.1 Å². The number of aromatic hydroxyl groups is 1. The molecule has 37 heavy (non-hydrogen) atoms. The quantitative estimate of drug-likeness (QED) is 0.291. The van der Waals surface area contributed by atoms with E-state index in [0.29, 0.717) is 36.9 Å². The molecule has 0 bridgehead atoms. The van der Waals surface area contributed by atoms with Crippen molar-refractivity contribution in [1.82, 2.24) is 4.90 Å². The summed E-state index contributed by atoms with van der Waals surface area (Å²) in [6.07, 6.45) is 4.22. The average molecular weight is 504 g/mol. The van der Waals surface area contributed by atoms with E-state index in [9.17, 15) is 19.5 Å². The van der Waals surface area contributed by atoms with E-state index >= 15 is 0 Å². The lowest BCUT2D eigenvalue weighted by molar-refractivity contribution is -0.143. The minimum atomic E-state index is -0.466. The van der Waals surface area contributed by atoms with Crippen LogP contribution < -0.4 is 0 Å². The molecule has 1 aliphatic rings. The summed E-state index contributed by atoms with van der Waals surface area (Å²) < 4.78 is 0. The number of phenolic OH excluding ortho intramolecular Hbond substituents is 1. The Morgan fingerprint density at radius 3 is 2.46 bits per heavy atom. The number of aryl methyl sites for hydroxylation is 1. The monoisotopic (exact) mass is 503 g/mol. The molecule has 5 nitrogen and oxygen atoms in total. The Balaban J connectivity index is 1.89. The molecule has 2 aromatic carbocycles. The fourth-order valence-corrected chi connectivity index (χ4v) is 5.62. The lowest BCUT2D eigenvalue weighted by atomic mass is 9.79. The number of nitrogens with zero attached hydrogens (tertiary/aromatic N) is 1. The van der Waals surface area contributed by atoms with Gasteiger partial charge in [0.1, 0.15) is 5.75 Å². The summed E-state index contributed by atoms with van der Waals surface area (Å²) in [5, 5.41) is 10.4. The Labute approximate surface area is 221 Å². The zero-order valence-corrected chi connectivity index (χ0v) is 22.9. The van der Waals surface area contributed by atoms with Gasteiger partial charge < -0.3 is 10.0 Å². The number of phenols is 1. The molecule has 1 aliphatic heterocycles. The molecule has 3 rings (SSSR count). The molecule has 0 aliphatic carbocycles. The third kappa shape index (κ3) is 6.38. The normalized spacial score (nSPS) is 18.3. The second kappa shape index (κ2) is 11.9. The van der Waals surface area contributed by atoms with Crippen molar-refractivity contribution >= 4 is 17.5 Å². The van der Waals surface area contributed by atoms with E-state index < -0.39 is 12.0 Å². The van der Waals surface area contributed by atoms with Gasteiger partial charge in [-0.25, -0.2) is 0 Å². The molecule has 1 saturated heterocycles. The van der Waals surface area contributed by atoms with Gasteiger partial charge in [-0.2, -0.15) is 0 Å². The molecule has 0 radical (unpaired) electrons. The molecular weight excluding hydrogens is 462 g/mol. The number of rotatable bonds is 11. The second-order valence-electron chi connectivity index (χ2n) is 11.2. The number of allylic oxidation sites excluding steroid dienone is 1.